The fourth-order valence-corrected chi connectivity index (χ4v) is 1.54. The molecule has 0 radical (unpaired) electrons. The summed E-state index contributed by atoms with van der Waals surface area (Å²) in [6.45, 7) is 6.07. The number of aliphatic hydroxyl groups is 1. The smallest absolute Gasteiger partial charge is 0.141 e. The van der Waals surface area contributed by atoms with Gasteiger partial charge >= 0.3 is 0 Å². The molecule has 16 heavy (non-hydrogen) atoms. The van der Waals surface area contributed by atoms with Crippen LogP contribution in [0.2, 0.25) is 0 Å². The van der Waals surface area contributed by atoms with E-state index in [2.05, 4.69) is 10.3 Å². The Morgan fingerprint density at radius 1 is 1.38 bits per heavy atom. The molecule has 3 nitrogen and oxygen atoms in total. The molecule has 1 rings (SSSR count). The molecule has 0 aliphatic heterocycles. The van der Waals surface area contributed by atoms with Gasteiger partial charge in [-0.05, 0) is 24.5 Å². The minimum atomic E-state index is -0.337. The zero-order valence-electron chi connectivity index (χ0n) is 9.94. The van der Waals surface area contributed by atoms with Gasteiger partial charge in [0.2, 0.25) is 0 Å². The van der Waals surface area contributed by atoms with Crippen molar-refractivity contribution in [2.75, 3.05) is 6.61 Å². The molecule has 0 bridgehead atoms. The summed E-state index contributed by atoms with van der Waals surface area (Å²) >= 11 is 0. The van der Waals surface area contributed by atoms with Gasteiger partial charge < -0.3 is 10.4 Å². The van der Waals surface area contributed by atoms with Gasteiger partial charge in [-0.15, -0.1) is 0 Å². The van der Waals surface area contributed by atoms with Crippen LogP contribution in [0.25, 0.3) is 0 Å². The van der Waals surface area contributed by atoms with E-state index in [1.165, 1.54) is 12.3 Å². The van der Waals surface area contributed by atoms with Crippen LogP contribution in [-0.2, 0) is 0 Å². The SMILES string of the molecule is CC(C)[C@@H](CO)N[C@@H](C)c1cncc(F)c1. The van der Waals surface area contributed by atoms with E-state index < -0.39 is 0 Å². The van der Waals surface area contributed by atoms with Gasteiger partial charge in [0, 0.05) is 18.3 Å². The number of pyridine rings is 1. The zero-order valence-corrected chi connectivity index (χ0v) is 9.94. The molecule has 1 aromatic rings. The van der Waals surface area contributed by atoms with E-state index in [9.17, 15) is 9.50 Å². The molecule has 4 heteroatoms. The molecule has 0 saturated heterocycles. The number of hydrogen-bond donors (Lipinski definition) is 2. The lowest BCUT2D eigenvalue weighted by atomic mass is 10.0. The van der Waals surface area contributed by atoms with Gasteiger partial charge in [-0.2, -0.15) is 0 Å². The molecule has 0 aromatic carbocycles. The van der Waals surface area contributed by atoms with Gasteiger partial charge in [-0.1, -0.05) is 13.8 Å². The van der Waals surface area contributed by atoms with Crippen LogP contribution in [0.5, 0.6) is 0 Å². The monoisotopic (exact) mass is 226 g/mol. The molecule has 0 saturated carbocycles. The van der Waals surface area contributed by atoms with Crippen molar-refractivity contribution < 1.29 is 9.50 Å². The normalized spacial score (nSPS) is 15.1. The van der Waals surface area contributed by atoms with E-state index in [4.69, 9.17) is 0 Å². The third-order valence-corrected chi connectivity index (χ3v) is 2.69. The zero-order chi connectivity index (χ0) is 12.1. The molecule has 2 atom stereocenters. The Labute approximate surface area is 95.7 Å². The third-order valence-electron chi connectivity index (χ3n) is 2.69. The summed E-state index contributed by atoms with van der Waals surface area (Å²) in [7, 11) is 0. The predicted molar refractivity (Wildman–Crippen MR) is 61.5 cm³/mol. The van der Waals surface area contributed by atoms with Crippen LogP contribution in [0, 0.1) is 11.7 Å². The number of aromatic nitrogens is 1. The highest BCUT2D eigenvalue weighted by atomic mass is 19.1. The first kappa shape index (κ1) is 13.1. The number of hydrogen-bond acceptors (Lipinski definition) is 3. The highest BCUT2D eigenvalue weighted by molar-refractivity contribution is 5.14. The Hall–Kier alpha value is -1.00. The summed E-state index contributed by atoms with van der Waals surface area (Å²) in [4.78, 5) is 3.81. The summed E-state index contributed by atoms with van der Waals surface area (Å²) in [5, 5.41) is 12.4. The highest BCUT2D eigenvalue weighted by Crippen LogP contribution is 2.14. The average molecular weight is 226 g/mol. The lowest BCUT2D eigenvalue weighted by Crippen LogP contribution is -2.38. The second-order valence-electron chi connectivity index (χ2n) is 4.36. The van der Waals surface area contributed by atoms with Crippen LogP contribution in [0.3, 0.4) is 0 Å². The largest absolute Gasteiger partial charge is 0.395 e. The summed E-state index contributed by atoms with van der Waals surface area (Å²) in [5.74, 6) is -0.00906. The summed E-state index contributed by atoms with van der Waals surface area (Å²) in [6.07, 6.45) is 2.82. The Morgan fingerprint density at radius 3 is 2.56 bits per heavy atom. The summed E-state index contributed by atoms with van der Waals surface area (Å²) in [5.41, 5.74) is 0.791. The van der Waals surface area contributed by atoms with E-state index in [1.807, 2.05) is 20.8 Å². The lowest BCUT2D eigenvalue weighted by Gasteiger charge is -2.24. The van der Waals surface area contributed by atoms with Crippen molar-refractivity contribution in [3.05, 3.63) is 29.8 Å². The molecule has 0 unspecified atom stereocenters. The number of halogens is 1. The standard InChI is InChI=1S/C12H19FN2O/c1-8(2)12(7-16)15-9(3)10-4-11(13)6-14-5-10/h4-6,8-9,12,15-16H,7H2,1-3H3/t9-,12+/m0/s1. The van der Waals surface area contributed by atoms with Crippen molar-refractivity contribution in [3.8, 4) is 0 Å². The van der Waals surface area contributed by atoms with E-state index in [0.29, 0.717) is 5.92 Å². The maximum atomic E-state index is 13.0. The van der Waals surface area contributed by atoms with E-state index in [-0.39, 0.29) is 24.5 Å². The minimum absolute atomic E-state index is 0.0123. The van der Waals surface area contributed by atoms with Crippen molar-refractivity contribution in [3.63, 3.8) is 0 Å². The average Bonchev–Trinajstić information content (AvgIpc) is 2.25. The predicted octanol–water partition coefficient (Wildman–Crippen LogP) is 1.89. The van der Waals surface area contributed by atoms with Crippen LogP contribution in [0.4, 0.5) is 4.39 Å². The van der Waals surface area contributed by atoms with Crippen molar-refractivity contribution >= 4 is 0 Å². The molecule has 0 aliphatic carbocycles. The first-order valence-electron chi connectivity index (χ1n) is 5.52. The van der Waals surface area contributed by atoms with E-state index in [0.717, 1.165) is 5.56 Å². The molecule has 1 aromatic heterocycles. The van der Waals surface area contributed by atoms with Gasteiger partial charge in [-0.3, -0.25) is 4.98 Å². The van der Waals surface area contributed by atoms with Crippen LogP contribution in [-0.4, -0.2) is 22.7 Å². The van der Waals surface area contributed by atoms with Gasteiger partial charge in [0.1, 0.15) is 5.82 Å². The highest BCUT2D eigenvalue weighted by Gasteiger charge is 2.16. The van der Waals surface area contributed by atoms with Crippen LogP contribution in [0.1, 0.15) is 32.4 Å². The van der Waals surface area contributed by atoms with Crippen molar-refractivity contribution in [2.24, 2.45) is 5.92 Å². The molecular formula is C12H19FN2O. The van der Waals surface area contributed by atoms with Crippen LogP contribution >= 0.6 is 0 Å². The minimum Gasteiger partial charge on any atom is -0.395 e. The van der Waals surface area contributed by atoms with Gasteiger partial charge in [0.15, 0.2) is 0 Å². The second kappa shape index (κ2) is 5.92. The molecule has 0 fully saturated rings. The fraction of sp³-hybridized carbons (Fsp3) is 0.583. The summed E-state index contributed by atoms with van der Waals surface area (Å²) < 4.78 is 13.0. The van der Waals surface area contributed by atoms with Crippen molar-refractivity contribution in [1.29, 1.82) is 0 Å². The first-order chi connectivity index (χ1) is 7.54. The Morgan fingerprint density at radius 2 is 2.06 bits per heavy atom. The fourth-order valence-electron chi connectivity index (χ4n) is 1.54. The second-order valence-corrected chi connectivity index (χ2v) is 4.36. The van der Waals surface area contributed by atoms with E-state index in [1.54, 1.807) is 6.20 Å². The number of aliphatic hydroxyl groups excluding tert-OH is 1. The molecule has 0 amide bonds. The summed E-state index contributed by atoms with van der Waals surface area (Å²) in [6, 6.07) is 1.44. The quantitative estimate of drug-likeness (QED) is 0.806. The van der Waals surface area contributed by atoms with Gasteiger partial charge in [0.25, 0.3) is 0 Å². The van der Waals surface area contributed by atoms with Crippen molar-refractivity contribution in [2.45, 2.75) is 32.9 Å². The van der Waals surface area contributed by atoms with Crippen LogP contribution < -0.4 is 5.32 Å². The molecule has 2 N–H and O–H groups in total. The van der Waals surface area contributed by atoms with Gasteiger partial charge in [-0.25, -0.2) is 4.39 Å². The number of nitrogens with zero attached hydrogens (tertiary/aromatic N) is 1. The Bertz CT molecular complexity index is 331. The lowest BCUT2D eigenvalue weighted by molar-refractivity contribution is 0.201. The molecule has 1 heterocycles. The molecule has 90 valence electrons. The number of rotatable bonds is 5. The third kappa shape index (κ3) is 3.54. The molecular weight excluding hydrogens is 207 g/mol. The Balaban J connectivity index is 2.67. The maximum absolute atomic E-state index is 13.0. The topological polar surface area (TPSA) is 45.1 Å². The van der Waals surface area contributed by atoms with E-state index >= 15 is 0 Å². The van der Waals surface area contributed by atoms with Gasteiger partial charge in [0.05, 0.1) is 12.8 Å². The first-order valence-corrected chi connectivity index (χ1v) is 5.52. The van der Waals surface area contributed by atoms with Crippen molar-refractivity contribution in [1.82, 2.24) is 10.3 Å². The molecule has 0 aliphatic rings. The maximum Gasteiger partial charge on any atom is 0.141 e. The number of nitrogens with one attached hydrogen (secondary N) is 1. The molecule has 0 spiro atoms. The Kier molecular flexibility index (Phi) is 4.83. The van der Waals surface area contributed by atoms with Crippen LogP contribution in [0.15, 0.2) is 18.5 Å².